The number of carbonyl (C=O) groups is 1. The van der Waals surface area contributed by atoms with E-state index in [1.54, 1.807) is 12.1 Å². The molecule has 0 radical (unpaired) electrons. The molecule has 0 aliphatic heterocycles. The fourth-order valence-electron chi connectivity index (χ4n) is 1.55. The number of nitrogens with zero attached hydrogens (tertiary/aromatic N) is 1. The number of rotatable bonds is 3. The molecule has 0 spiro atoms. The summed E-state index contributed by atoms with van der Waals surface area (Å²) in [6.07, 6.45) is 1.51. The minimum Gasteiger partial charge on any atom is -0.390 e. The Bertz CT molecular complexity index is 550. The first-order valence-corrected chi connectivity index (χ1v) is 5.63. The Hall–Kier alpha value is -2.20. The molecule has 1 aromatic carbocycles. The minimum absolute atomic E-state index is 0.175. The number of benzene rings is 1. The average Bonchev–Trinajstić information content (AvgIpc) is 2.41. The lowest BCUT2D eigenvalue weighted by Gasteiger charge is -2.06. The molecule has 0 bridgehead atoms. The second kappa shape index (κ2) is 5.42. The van der Waals surface area contributed by atoms with Gasteiger partial charge in [-0.15, -0.1) is 0 Å². The Labute approximate surface area is 105 Å². The van der Waals surface area contributed by atoms with Crippen LogP contribution in [0, 0.1) is 6.92 Å². The molecule has 4 heteroatoms. The molecule has 2 rings (SSSR count). The molecule has 0 aliphatic carbocycles. The van der Waals surface area contributed by atoms with E-state index in [0.717, 1.165) is 11.3 Å². The number of hydrogen-bond donors (Lipinski definition) is 2. The maximum atomic E-state index is 11.9. The van der Waals surface area contributed by atoms with Crippen molar-refractivity contribution >= 4 is 11.6 Å². The highest BCUT2D eigenvalue weighted by Gasteiger charge is 2.06. The van der Waals surface area contributed by atoms with Crippen LogP contribution < -0.4 is 5.32 Å². The van der Waals surface area contributed by atoms with Crippen molar-refractivity contribution in [3.63, 3.8) is 0 Å². The van der Waals surface area contributed by atoms with Crippen LogP contribution in [0.5, 0.6) is 0 Å². The molecule has 2 aromatic rings. The summed E-state index contributed by atoms with van der Waals surface area (Å²) in [7, 11) is 0. The van der Waals surface area contributed by atoms with Gasteiger partial charge in [0.05, 0.1) is 12.3 Å². The van der Waals surface area contributed by atoms with Gasteiger partial charge >= 0.3 is 0 Å². The van der Waals surface area contributed by atoms with E-state index in [9.17, 15) is 4.79 Å². The van der Waals surface area contributed by atoms with Crippen LogP contribution in [0.3, 0.4) is 0 Å². The Morgan fingerprint density at radius 3 is 2.67 bits per heavy atom. The quantitative estimate of drug-likeness (QED) is 0.866. The predicted molar refractivity (Wildman–Crippen MR) is 69.3 cm³/mol. The zero-order chi connectivity index (χ0) is 13.0. The number of aliphatic hydroxyl groups excluding tert-OH is 1. The molecular weight excluding hydrogens is 228 g/mol. The van der Waals surface area contributed by atoms with E-state index >= 15 is 0 Å². The summed E-state index contributed by atoms with van der Waals surface area (Å²) >= 11 is 0. The lowest BCUT2D eigenvalue weighted by atomic mass is 10.2. The molecule has 0 aliphatic rings. The first-order chi connectivity index (χ1) is 8.69. The van der Waals surface area contributed by atoms with Crippen LogP contribution in [0.4, 0.5) is 5.69 Å². The summed E-state index contributed by atoms with van der Waals surface area (Å²) in [4.78, 5) is 15.9. The predicted octanol–water partition coefficient (Wildman–Crippen LogP) is 2.13. The van der Waals surface area contributed by atoms with Gasteiger partial charge in [-0.05, 0) is 31.2 Å². The lowest BCUT2D eigenvalue weighted by molar-refractivity contribution is 0.102. The number of hydrogen-bond acceptors (Lipinski definition) is 3. The largest absolute Gasteiger partial charge is 0.390 e. The van der Waals surface area contributed by atoms with Crippen LogP contribution in [0.2, 0.25) is 0 Å². The number of aryl methyl sites for hydroxylation is 1. The minimum atomic E-state index is -0.212. The first kappa shape index (κ1) is 12.3. The smallest absolute Gasteiger partial charge is 0.255 e. The highest BCUT2D eigenvalue weighted by molar-refractivity contribution is 6.04. The fourth-order valence-corrected chi connectivity index (χ4v) is 1.55. The van der Waals surface area contributed by atoms with Crippen LogP contribution in [-0.2, 0) is 6.61 Å². The van der Waals surface area contributed by atoms with Crippen LogP contribution in [0.15, 0.2) is 42.6 Å². The molecule has 0 atom stereocenters. The molecular formula is C14H14N2O2. The maximum absolute atomic E-state index is 11.9. The van der Waals surface area contributed by atoms with Gasteiger partial charge in [-0.1, -0.05) is 17.7 Å². The standard InChI is InChI=1S/C14H14N2O2/c1-10-2-4-12(5-3-10)16-14(18)11-6-7-15-13(8-11)9-17/h2-8,17H,9H2,1H3,(H,16,18). The van der Waals surface area contributed by atoms with E-state index in [0.29, 0.717) is 11.3 Å². The molecule has 92 valence electrons. The second-order valence-corrected chi connectivity index (χ2v) is 4.01. The van der Waals surface area contributed by atoms with Crippen molar-refractivity contribution in [1.82, 2.24) is 4.98 Å². The Balaban J connectivity index is 2.14. The third-order valence-corrected chi connectivity index (χ3v) is 2.55. The molecule has 0 saturated carbocycles. The summed E-state index contributed by atoms with van der Waals surface area (Å²) in [5.74, 6) is -0.212. The molecule has 2 N–H and O–H groups in total. The topological polar surface area (TPSA) is 62.2 Å². The van der Waals surface area contributed by atoms with E-state index in [-0.39, 0.29) is 12.5 Å². The number of aromatic nitrogens is 1. The number of nitrogens with one attached hydrogen (secondary N) is 1. The number of pyridine rings is 1. The van der Waals surface area contributed by atoms with Gasteiger partial charge in [-0.2, -0.15) is 0 Å². The van der Waals surface area contributed by atoms with Gasteiger partial charge in [0.1, 0.15) is 0 Å². The summed E-state index contributed by atoms with van der Waals surface area (Å²) in [5.41, 5.74) is 2.84. The molecule has 18 heavy (non-hydrogen) atoms. The van der Waals surface area contributed by atoms with Crippen molar-refractivity contribution in [1.29, 1.82) is 0 Å². The first-order valence-electron chi connectivity index (χ1n) is 5.63. The Kier molecular flexibility index (Phi) is 3.69. The van der Waals surface area contributed by atoms with Crippen LogP contribution in [0.1, 0.15) is 21.6 Å². The third kappa shape index (κ3) is 2.93. The van der Waals surface area contributed by atoms with Gasteiger partial charge in [0.15, 0.2) is 0 Å². The number of carbonyl (C=O) groups excluding carboxylic acids is 1. The van der Waals surface area contributed by atoms with E-state index in [4.69, 9.17) is 5.11 Å². The molecule has 1 amide bonds. The monoisotopic (exact) mass is 242 g/mol. The molecule has 4 nitrogen and oxygen atoms in total. The van der Waals surface area contributed by atoms with Crippen LogP contribution in [0.25, 0.3) is 0 Å². The van der Waals surface area contributed by atoms with Crippen molar-refractivity contribution in [2.75, 3.05) is 5.32 Å². The lowest BCUT2D eigenvalue weighted by Crippen LogP contribution is -2.12. The van der Waals surface area contributed by atoms with E-state index in [1.165, 1.54) is 6.20 Å². The average molecular weight is 242 g/mol. The molecule has 0 unspecified atom stereocenters. The summed E-state index contributed by atoms with van der Waals surface area (Å²) in [6, 6.07) is 10.7. The number of aliphatic hydroxyl groups is 1. The number of amides is 1. The zero-order valence-electron chi connectivity index (χ0n) is 10.1. The molecule has 1 aromatic heterocycles. The van der Waals surface area contributed by atoms with Gasteiger partial charge in [-0.25, -0.2) is 0 Å². The van der Waals surface area contributed by atoms with E-state index in [2.05, 4.69) is 10.3 Å². The molecule has 0 fully saturated rings. The van der Waals surface area contributed by atoms with Crippen molar-refractivity contribution < 1.29 is 9.90 Å². The second-order valence-electron chi connectivity index (χ2n) is 4.01. The van der Waals surface area contributed by atoms with Crippen LogP contribution in [-0.4, -0.2) is 16.0 Å². The summed E-state index contributed by atoms with van der Waals surface area (Å²) in [5, 5.41) is 11.8. The molecule has 1 heterocycles. The highest BCUT2D eigenvalue weighted by Crippen LogP contribution is 2.11. The summed E-state index contributed by atoms with van der Waals surface area (Å²) in [6.45, 7) is 1.81. The van der Waals surface area contributed by atoms with Crippen LogP contribution >= 0.6 is 0 Å². The Morgan fingerprint density at radius 1 is 1.28 bits per heavy atom. The van der Waals surface area contributed by atoms with Crippen molar-refractivity contribution in [3.8, 4) is 0 Å². The number of anilines is 1. The normalized spacial score (nSPS) is 10.1. The Morgan fingerprint density at radius 2 is 2.00 bits per heavy atom. The van der Waals surface area contributed by atoms with Crippen molar-refractivity contribution in [3.05, 3.63) is 59.4 Å². The van der Waals surface area contributed by atoms with Gasteiger partial charge in [0, 0.05) is 17.4 Å². The van der Waals surface area contributed by atoms with Gasteiger partial charge in [0.2, 0.25) is 0 Å². The SMILES string of the molecule is Cc1ccc(NC(=O)c2ccnc(CO)c2)cc1. The van der Waals surface area contributed by atoms with Gasteiger partial charge in [0.25, 0.3) is 5.91 Å². The zero-order valence-corrected chi connectivity index (χ0v) is 10.1. The van der Waals surface area contributed by atoms with E-state index < -0.39 is 0 Å². The maximum Gasteiger partial charge on any atom is 0.255 e. The van der Waals surface area contributed by atoms with E-state index in [1.807, 2.05) is 31.2 Å². The van der Waals surface area contributed by atoms with Crippen molar-refractivity contribution in [2.24, 2.45) is 0 Å². The third-order valence-electron chi connectivity index (χ3n) is 2.55. The summed E-state index contributed by atoms with van der Waals surface area (Å²) < 4.78 is 0. The fraction of sp³-hybridized carbons (Fsp3) is 0.143. The molecule has 0 saturated heterocycles. The van der Waals surface area contributed by atoms with Gasteiger partial charge in [-0.3, -0.25) is 9.78 Å². The van der Waals surface area contributed by atoms with Gasteiger partial charge < -0.3 is 10.4 Å². The van der Waals surface area contributed by atoms with Crippen molar-refractivity contribution in [2.45, 2.75) is 13.5 Å². The highest BCUT2D eigenvalue weighted by atomic mass is 16.3.